The van der Waals surface area contributed by atoms with Crippen molar-refractivity contribution in [2.45, 2.75) is 0 Å². The second kappa shape index (κ2) is 8.51. The molecule has 1 amide bonds. The molecule has 0 atom stereocenters. The number of anilines is 2. The van der Waals surface area contributed by atoms with Crippen molar-refractivity contribution in [3.05, 3.63) is 71.6 Å². The van der Waals surface area contributed by atoms with E-state index < -0.39 is 24.3 Å². The molecule has 1 heterocycles. The Bertz CT molecular complexity index is 992. The molecule has 2 aromatic carbocycles. The van der Waals surface area contributed by atoms with Gasteiger partial charge in [-0.05, 0) is 24.3 Å². The van der Waals surface area contributed by atoms with Crippen LogP contribution in [0, 0.1) is 11.3 Å². The fourth-order valence-corrected chi connectivity index (χ4v) is 2.45. The molecular formula is C20H15N3O5. The third kappa shape index (κ3) is 4.34. The van der Waals surface area contributed by atoms with E-state index >= 15 is 0 Å². The van der Waals surface area contributed by atoms with E-state index in [9.17, 15) is 14.4 Å². The van der Waals surface area contributed by atoms with Gasteiger partial charge in [-0.3, -0.25) is 9.59 Å². The fourth-order valence-electron chi connectivity index (χ4n) is 2.45. The highest BCUT2D eigenvalue weighted by Gasteiger charge is 2.32. The second-order valence-electron chi connectivity index (χ2n) is 5.69. The average molecular weight is 377 g/mol. The maximum absolute atomic E-state index is 12.3. The summed E-state index contributed by atoms with van der Waals surface area (Å²) < 4.78 is 10.2. The second-order valence-corrected chi connectivity index (χ2v) is 5.69. The molecule has 0 aliphatic carbocycles. The summed E-state index contributed by atoms with van der Waals surface area (Å²) in [5.41, 5.74) is 0.924. The number of nitrogens with zero attached hydrogens (tertiary/aromatic N) is 1. The summed E-state index contributed by atoms with van der Waals surface area (Å²) in [7, 11) is 0. The number of ether oxygens (including phenoxy) is 2. The summed E-state index contributed by atoms with van der Waals surface area (Å²) in [5, 5.41) is 14.3. The molecule has 1 aliphatic heterocycles. The zero-order chi connectivity index (χ0) is 19.9. The molecule has 0 fully saturated rings. The summed E-state index contributed by atoms with van der Waals surface area (Å²) in [6.07, 6.45) is 0. The Morgan fingerprint density at radius 1 is 1.11 bits per heavy atom. The number of carbonyl (C=O) groups is 3. The molecule has 8 heteroatoms. The smallest absolute Gasteiger partial charge is 0.347 e. The first-order chi connectivity index (χ1) is 13.6. The van der Waals surface area contributed by atoms with Crippen LogP contribution >= 0.6 is 0 Å². The number of carbonyl (C=O) groups excluding carboxylic acids is 3. The molecule has 0 saturated carbocycles. The quantitative estimate of drug-likeness (QED) is 0.584. The van der Waals surface area contributed by atoms with Gasteiger partial charge < -0.3 is 20.1 Å². The largest absolute Gasteiger partial charge is 0.470 e. The lowest BCUT2D eigenvalue weighted by Crippen LogP contribution is -2.24. The number of nitriles is 1. The molecule has 8 nitrogen and oxygen atoms in total. The van der Waals surface area contributed by atoms with Gasteiger partial charge in [-0.25, -0.2) is 4.79 Å². The van der Waals surface area contributed by atoms with Crippen molar-refractivity contribution in [3.8, 4) is 6.07 Å². The van der Waals surface area contributed by atoms with Crippen LogP contribution < -0.4 is 10.6 Å². The highest BCUT2D eigenvalue weighted by atomic mass is 16.5. The fraction of sp³-hybridized carbons (Fsp3) is 0.100. The minimum absolute atomic E-state index is 0.0172. The van der Waals surface area contributed by atoms with Crippen LogP contribution in [-0.2, 0) is 23.9 Å². The summed E-state index contributed by atoms with van der Waals surface area (Å²) >= 11 is 0. The van der Waals surface area contributed by atoms with Crippen molar-refractivity contribution in [3.63, 3.8) is 0 Å². The summed E-state index contributed by atoms with van der Waals surface area (Å²) in [6, 6.07) is 17.2. The SMILES string of the molecule is N#Cc1ccccc1NC(=O)COC(=O)C1=C(Nc2ccccc2)OCC1=O. The molecule has 0 unspecified atom stereocenters. The Labute approximate surface area is 160 Å². The molecule has 0 radical (unpaired) electrons. The van der Waals surface area contributed by atoms with Crippen molar-refractivity contribution in [1.29, 1.82) is 5.26 Å². The Balaban J connectivity index is 1.64. The Kier molecular flexibility index (Phi) is 5.67. The number of para-hydroxylation sites is 2. The molecule has 0 bridgehead atoms. The minimum Gasteiger partial charge on any atom is -0.470 e. The first-order valence-corrected chi connectivity index (χ1v) is 8.27. The standard InChI is InChI=1S/C20H15N3O5/c21-10-13-6-4-5-9-15(13)23-17(25)12-28-20(26)18-16(24)11-27-19(18)22-14-7-2-1-3-8-14/h1-9,22H,11-12H2,(H,23,25). The van der Waals surface area contributed by atoms with Gasteiger partial charge in [0.1, 0.15) is 6.07 Å². The van der Waals surface area contributed by atoms with Crippen LogP contribution in [0.3, 0.4) is 0 Å². The van der Waals surface area contributed by atoms with E-state index in [0.717, 1.165) is 0 Å². The molecule has 1 aliphatic rings. The van der Waals surface area contributed by atoms with Gasteiger partial charge in [0.25, 0.3) is 5.91 Å². The van der Waals surface area contributed by atoms with Crippen LogP contribution in [0.5, 0.6) is 0 Å². The van der Waals surface area contributed by atoms with Crippen molar-refractivity contribution in [1.82, 2.24) is 0 Å². The van der Waals surface area contributed by atoms with Gasteiger partial charge in [0.2, 0.25) is 11.7 Å². The summed E-state index contributed by atoms with van der Waals surface area (Å²) in [6.45, 7) is -0.907. The third-order valence-corrected chi connectivity index (χ3v) is 3.75. The number of hydrogen-bond acceptors (Lipinski definition) is 7. The predicted molar refractivity (Wildman–Crippen MR) is 98.8 cm³/mol. The van der Waals surface area contributed by atoms with Gasteiger partial charge in [0.05, 0.1) is 11.3 Å². The number of rotatable bonds is 6. The van der Waals surface area contributed by atoms with Crippen molar-refractivity contribution < 1.29 is 23.9 Å². The number of Topliss-reactive ketones (excluding diaryl/α,β-unsaturated/α-hetero) is 1. The normalized spacial score (nSPS) is 12.8. The van der Waals surface area contributed by atoms with Crippen LogP contribution in [0.1, 0.15) is 5.56 Å². The number of ketones is 1. The van der Waals surface area contributed by atoms with Crippen LogP contribution in [0.2, 0.25) is 0 Å². The van der Waals surface area contributed by atoms with Crippen LogP contribution in [0.25, 0.3) is 0 Å². The first kappa shape index (κ1) is 18.7. The number of esters is 1. The molecule has 28 heavy (non-hydrogen) atoms. The average Bonchev–Trinajstić information content (AvgIpc) is 3.07. The maximum atomic E-state index is 12.3. The van der Waals surface area contributed by atoms with E-state index in [2.05, 4.69) is 10.6 Å². The van der Waals surface area contributed by atoms with Gasteiger partial charge in [0.15, 0.2) is 18.8 Å². The Morgan fingerprint density at radius 2 is 1.82 bits per heavy atom. The molecule has 0 spiro atoms. The van der Waals surface area contributed by atoms with Crippen LogP contribution in [0.15, 0.2) is 66.1 Å². The van der Waals surface area contributed by atoms with Crippen molar-refractivity contribution >= 4 is 29.0 Å². The van der Waals surface area contributed by atoms with E-state index in [0.29, 0.717) is 11.4 Å². The van der Waals surface area contributed by atoms with E-state index in [4.69, 9.17) is 14.7 Å². The van der Waals surface area contributed by atoms with E-state index in [1.165, 1.54) is 0 Å². The molecule has 0 saturated heterocycles. The zero-order valence-electron chi connectivity index (χ0n) is 14.6. The zero-order valence-corrected chi connectivity index (χ0v) is 14.6. The summed E-state index contributed by atoms with van der Waals surface area (Å²) in [4.78, 5) is 36.3. The molecule has 2 N–H and O–H groups in total. The third-order valence-electron chi connectivity index (χ3n) is 3.75. The van der Waals surface area contributed by atoms with Crippen molar-refractivity contribution in [2.75, 3.05) is 23.8 Å². The lowest BCUT2D eigenvalue weighted by atomic mass is 10.2. The van der Waals surface area contributed by atoms with Gasteiger partial charge >= 0.3 is 5.97 Å². The number of benzene rings is 2. The number of amides is 1. The first-order valence-electron chi connectivity index (χ1n) is 8.27. The van der Waals surface area contributed by atoms with E-state index in [-0.39, 0.29) is 23.6 Å². The van der Waals surface area contributed by atoms with E-state index in [1.54, 1.807) is 48.5 Å². The van der Waals surface area contributed by atoms with Crippen molar-refractivity contribution in [2.24, 2.45) is 0 Å². The van der Waals surface area contributed by atoms with Gasteiger partial charge in [-0.2, -0.15) is 5.26 Å². The highest BCUT2D eigenvalue weighted by Crippen LogP contribution is 2.20. The lowest BCUT2D eigenvalue weighted by Gasteiger charge is -2.09. The molecule has 3 rings (SSSR count). The Morgan fingerprint density at radius 3 is 2.57 bits per heavy atom. The molecule has 2 aromatic rings. The van der Waals surface area contributed by atoms with Gasteiger partial charge in [-0.15, -0.1) is 0 Å². The predicted octanol–water partition coefficient (Wildman–Crippen LogP) is 1.96. The maximum Gasteiger partial charge on any atom is 0.347 e. The minimum atomic E-state index is -0.968. The Hall–Kier alpha value is -4.12. The number of nitrogens with one attached hydrogen (secondary N) is 2. The highest BCUT2D eigenvalue weighted by molar-refractivity contribution is 6.20. The van der Waals surface area contributed by atoms with E-state index in [1.807, 2.05) is 12.1 Å². The van der Waals surface area contributed by atoms with Crippen LogP contribution in [-0.4, -0.2) is 30.9 Å². The molecule has 0 aromatic heterocycles. The molecule has 140 valence electrons. The van der Waals surface area contributed by atoms with Crippen LogP contribution in [0.4, 0.5) is 11.4 Å². The van der Waals surface area contributed by atoms with Gasteiger partial charge in [-0.1, -0.05) is 30.3 Å². The summed E-state index contributed by atoms with van der Waals surface area (Å²) in [5.74, 6) is -2.17. The van der Waals surface area contributed by atoms with Gasteiger partial charge in [0, 0.05) is 5.69 Å². The lowest BCUT2D eigenvalue weighted by molar-refractivity contribution is -0.144. The number of hydrogen-bond donors (Lipinski definition) is 2. The monoisotopic (exact) mass is 377 g/mol. The topological polar surface area (TPSA) is 118 Å². The molecular weight excluding hydrogens is 362 g/mol.